The fraction of sp³-hybridized carbons (Fsp3) is 0.364. The van der Waals surface area contributed by atoms with E-state index in [0.717, 1.165) is 16.8 Å². The van der Waals surface area contributed by atoms with Gasteiger partial charge in [0, 0.05) is 0 Å². The van der Waals surface area contributed by atoms with Gasteiger partial charge in [0.15, 0.2) is 0 Å². The molecule has 0 saturated heterocycles. The molecule has 0 bridgehead atoms. The Morgan fingerprint density at radius 1 is 1.69 bits per heavy atom. The molecule has 66 valence electrons. The zero-order valence-electron chi connectivity index (χ0n) is 9.39. The largest absolute Gasteiger partial charge is 0.264 e. The first-order valence-electron chi connectivity index (χ1n) is 4.88. The Balaban J connectivity index is 3.52. The SMILES string of the molecule is [2H]c1c(C)c([B])nc(C=C)c1C(C)C. The molecule has 0 aliphatic rings. The van der Waals surface area contributed by atoms with Crippen molar-refractivity contribution in [3.63, 3.8) is 0 Å². The van der Waals surface area contributed by atoms with E-state index in [-0.39, 0.29) is 5.92 Å². The second-order valence-electron chi connectivity index (χ2n) is 3.40. The summed E-state index contributed by atoms with van der Waals surface area (Å²) < 4.78 is 7.94. The molecule has 1 aromatic heterocycles. The average Bonchev–Trinajstić information content (AvgIpc) is 2.12. The summed E-state index contributed by atoms with van der Waals surface area (Å²) in [6.45, 7) is 9.59. The number of hydrogen-bond acceptors (Lipinski definition) is 1. The summed E-state index contributed by atoms with van der Waals surface area (Å²) in [7, 11) is 5.69. The van der Waals surface area contributed by atoms with Gasteiger partial charge in [-0.1, -0.05) is 26.5 Å². The van der Waals surface area contributed by atoms with Crippen LogP contribution in [0.5, 0.6) is 0 Å². The van der Waals surface area contributed by atoms with Gasteiger partial charge < -0.3 is 0 Å². The van der Waals surface area contributed by atoms with E-state index >= 15 is 0 Å². The summed E-state index contributed by atoms with van der Waals surface area (Å²) in [6, 6.07) is 0.488. The van der Waals surface area contributed by atoms with Crippen LogP contribution in [0.4, 0.5) is 0 Å². The van der Waals surface area contributed by atoms with Crippen LogP contribution < -0.4 is 5.59 Å². The fourth-order valence-corrected chi connectivity index (χ4v) is 1.20. The highest BCUT2D eigenvalue weighted by Gasteiger charge is 2.07. The molecule has 0 atom stereocenters. The zero-order chi connectivity index (χ0) is 10.9. The highest BCUT2D eigenvalue weighted by atomic mass is 14.7. The normalized spacial score (nSPS) is 11.5. The summed E-state index contributed by atoms with van der Waals surface area (Å²) in [6.07, 6.45) is 1.66. The maximum Gasteiger partial charge on any atom is 0.142 e. The summed E-state index contributed by atoms with van der Waals surface area (Å²) in [5.74, 6) is 0.266. The molecule has 1 aromatic rings. The maximum absolute atomic E-state index is 7.94. The minimum atomic E-state index is 0.266. The van der Waals surface area contributed by atoms with Gasteiger partial charge in [-0.05, 0) is 35.6 Å². The Morgan fingerprint density at radius 2 is 2.31 bits per heavy atom. The molecule has 2 radical (unpaired) electrons. The van der Waals surface area contributed by atoms with E-state index in [9.17, 15) is 0 Å². The molecular weight excluding hydrogens is 157 g/mol. The van der Waals surface area contributed by atoms with Crippen LogP contribution in [0.25, 0.3) is 6.08 Å². The number of aromatic nitrogens is 1. The van der Waals surface area contributed by atoms with E-state index in [2.05, 4.69) is 11.6 Å². The Labute approximate surface area is 82.7 Å². The molecule has 2 heteroatoms. The van der Waals surface area contributed by atoms with Crippen LogP contribution in [0.15, 0.2) is 12.6 Å². The molecule has 0 aliphatic carbocycles. The highest BCUT2D eigenvalue weighted by Crippen LogP contribution is 2.18. The topological polar surface area (TPSA) is 12.9 Å². The van der Waals surface area contributed by atoms with Gasteiger partial charge in [-0.15, -0.1) is 0 Å². The number of hydrogen-bond donors (Lipinski definition) is 0. The average molecular weight is 172 g/mol. The smallest absolute Gasteiger partial charge is 0.142 e. The molecule has 0 unspecified atom stereocenters. The second-order valence-corrected chi connectivity index (χ2v) is 3.40. The lowest BCUT2D eigenvalue weighted by Crippen LogP contribution is -2.15. The molecular formula is C11H14BN. The zero-order valence-corrected chi connectivity index (χ0v) is 8.39. The highest BCUT2D eigenvalue weighted by molar-refractivity contribution is 6.31. The van der Waals surface area contributed by atoms with E-state index in [1.165, 1.54) is 0 Å². The van der Waals surface area contributed by atoms with Crippen molar-refractivity contribution in [2.24, 2.45) is 0 Å². The van der Waals surface area contributed by atoms with Crippen LogP contribution in [0, 0.1) is 6.92 Å². The predicted molar refractivity (Wildman–Crippen MR) is 58.5 cm³/mol. The minimum Gasteiger partial charge on any atom is -0.264 e. The third-order valence-corrected chi connectivity index (χ3v) is 1.99. The minimum absolute atomic E-state index is 0.266. The van der Waals surface area contributed by atoms with Gasteiger partial charge in [0.1, 0.15) is 7.85 Å². The third kappa shape index (κ3) is 2.00. The first-order chi connectivity index (χ1) is 6.49. The van der Waals surface area contributed by atoms with Crippen LogP contribution in [0.3, 0.4) is 0 Å². The molecule has 0 N–H and O–H groups in total. The molecule has 0 amide bonds. The molecule has 1 heterocycles. The second kappa shape index (κ2) is 3.78. The molecule has 0 fully saturated rings. The summed E-state index contributed by atoms with van der Waals surface area (Å²) in [5, 5.41) is 0. The summed E-state index contributed by atoms with van der Waals surface area (Å²) in [5.41, 5.74) is 2.83. The number of rotatable bonds is 2. The van der Waals surface area contributed by atoms with Gasteiger partial charge in [0.2, 0.25) is 0 Å². The van der Waals surface area contributed by atoms with Crippen molar-refractivity contribution >= 4 is 19.5 Å². The van der Waals surface area contributed by atoms with E-state index < -0.39 is 0 Å². The van der Waals surface area contributed by atoms with Crippen LogP contribution in [-0.2, 0) is 0 Å². The summed E-state index contributed by atoms with van der Waals surface area (Å²) >= 11 is 0. The Morgan fingerprint density at radius 3 is 2.77 bits per heavy atom. The van der Waals surface area contributed by atoms with Crippen molar-refractivity contribution in [2.75, 3.05) is 0 Å². The van der Waals surface area contributed by atoms with E-state index in [1.807, 2.05) is 20.8 Å². The van der Waals surface area contributed by atoms with E-state index in [4.69, 9.17) is 9.22 Å². The maximum atomic E-state index is 7.94. The van der Waals surface area contributed by atoms with Crippen LogP contribution in [-0.4, -0.2) is 12.8 Å². The standard InChI is InChI=1S/C11H14BN/c1-5-10-9(7(2)3)6-8(4)11(12)13-10/h5-7H,1H2,2-4H3/i6D. The van der Waals surface area contributed by atoms with E-state index in [0.29, 0.717) is 11.6 Å². The lowest BCUT2D eigenvalue weighted by Gasteiger charge is -2.12. The molecule has 0 aliphatic heterocycles. The number of nitrogens with zero attached hydrogens (tertiary/aromatic N) is 1. The fourth-order valence-electron chi connectivity index (χ4n) is 1.20. The van der Waals surface area contributed by atoms with E-state index in [1.54, 1.807) is 6.08 Å². The van der Waals surface area contributed by atoms with Gasteiger partial charge in [-0.3, -0.25) is 4.98 Å². The van der Waals surface area contributed by atoms with Crippen molar-refractivity contribution in [3.8, 4) is 0 Å². The van der Waals surface area contributed by atoms with Gasteiger partial charge in [0.25, 0.3) is 0 Å². The Bertz CT molecular complexity index is 372. The van der Waals surface area contributed by atoms with Crippen molar-refractivity contribution in [3.05, 3.63) is 29.4 Å². The van der Waals surface area contributed by atoms with Gasteiger partial charge >= 0.3 is 0 Å². The monoisotopic (exact) mass is 172 g/mol. The Hall–Kier alpha value is -1.05. The predicted octanol–water partition coefficient (Wildman–Crippen LogP) is 1.95. The van der Waals surface area contributed by atoms with Crippen LogP contribution in [0.2, 0.25) is 0 Å². The van der Waals surface area contributed by atoms with Gasteiger partial charge in [0.05, 0.1) is 7.06 Å². The quantitative estimate of drug-likeness (QED) is 0.621. The van der Waals surface area contributed by atoms with Crippen LogP contribution >= 0.6 is 0 Å². The summed E-state index contributed by atoms with van der Waals surface area (Å²) in [4.78, 5) is 4.21. The first kappa shape index (κ1) is 8.55. The van der Waals surface area contributed by atoms with Crippen molar-refractivity contribution in [1.82, 2.24) is 4.98 Å². The van der Waals surface area contributed by atoms with Crippen LogP contribution in [0.1, 0.15) is 38.0 Å². The molecule has 0 spiro atoms. The molecule has 1 rings (SSSR count). The van der Waals surface area contributed by atoms with Crippen molar-refractivity contribution < 1.29 is 1.37 Å². The van der Waals surface area contributed by atoms with Gasteiger partial charge in [-0.2, -0.15) is 0 Å². The lowest BCUT2D eigenvalue weighted by molar-refractivity contribution is 0.854. The Kier molecular flexibility index (Phi) is 2.48. The van der Waals surface area contributed by atoms with Crippen molar-refractivity contribution in [1.29, 1.82) is 0 Å². The third-order valence-electron chi connectivity index (χ3n) is 1.99. The molecule has 13 heavy (non-hydrogen) atoms. The lowest BCUT2D eigenvalue weighted by atomic mass is 9.92. The number of pyridine rings is 1. The van der Waals surface area contributed by atoms with Gasteiger partial charge in [-0.25, -0.2) is 0 Å². The molecule has 0 saturated carbocycles. The molecule has 1 nitrogen and oxygen atoms in total. The first-order valence-corrected chi connectivity index (χ1v) is 4.38. The van der Waals surface area contributed by atoms with Crippen molar-refractivity contribution in [2.45, 2.75) is 26.7 Å². The molecule has 0 aromatic carbocycles.